The Labute approximate surface area is 77.8 Å². The Hall–Kier alpha value is -1.65. The second kappa shape index (κ2) is 3.84. The van der Waals surface area contributed by atoms with E-state index in [9.17, 15) is 4.79 Å². The third kappa shape index (κ3) is 1.74. The van der Waals surface area contributed by atoms with Crippen molar-refractivity contribution in [3.05, 3.63) is 36.7 Å². The van der Waals surface area contributed by atoms with E-state index in [1.54, 1.807) is 6.08 Å². The van der Waals surface area contributed by atoms with E-state index in [1.165, 1.54) is 6.20 Å². The van der Waals surface area contributed by atoms with Gasteiger partial charge in [-0.15, -0.1) is 5.11 Å². The number of carbonyl (C=O) groups excluding carboxylic acids is 1. The Bertz CT molecular complexity index is 319. The van der Waals surface area contributed by atoms with Crippen molar-refractivity contribution in [3.63, 3.8) is 0 Å². The summed E-state index contributed by atoms with van der Waals surface area (Å²) in [7, 11) is 5.37. The molecule has 1 aliphatic rings. The minimum Gasteiger partial charge on any atom is -0.387 e. The fraction of sp³-hybridized carbons (Fsp3) is 0.125. The topological polar surface area (TPSA) is 45.0 Å². The van der Waals surface area contributed by atoms with E-state index < -0.39 is 0 Å². The quantitative estimate of drug-likeness (QED) is 0.462. The summed E-state index contributed by atoms with van der Waals surface area (Å²) in [6, 6.07) is 0. The van der Waals surface area contributed by atoms with Crippen LogP contribution >= 0.6 is 0 Å². The van der Waals surface area contributed by atoms with Gasteiger partial charge in [-0.05, 0) is 0 Å². The van der Waals surface area contributed by atoms with Gasteiger partial charge in [0.25, 0.3) is 5.91 Å². The molecule has 2 radical (unpaired) electrons. The van der Waals surface area contributed by atoms with Crippen LogP contribution in [0.25, 0.3) is 0 Å². The van der Waals surface area contributed by atoms with Crippen LogP contribution in [0.1, 0.15) is 0 Å². The van der Waals surface area contributed by atoms with Gasteiger partial charge in [0.2, 0.25) is 7.98 Å². The lowest BCUT2D eigenvalue weighted by molar-refractivity contribution is -0.121. The largest absolute Gasteiger partial charge is 0.387 e. The number of hydrogen-bond donors (Lipinski definition) is 0. The van der Waals surface area contributed by atoms with Crippen LogP contribution in [0.3, 0.4) is 0 Å². The van der Waals surface area contributed by atoms with E-state index in [4.69, 9.17) is 7.98 Å². The van der Waals surface area contributed by atoms with Crippen LogP contribution in [-0.4, -0.2) is 25.2 Å². The maximum absolute atomic E-state index is 11.3. The lowest BCUT2D eigenvalue weighted by Gasteiger charge is -2.06. The SMILES string of the molecule is [B]N1CC(C=C)=C(N=NC=C)C1=O. The van der Waals surface area contributed by atoms with Gasteiger partial charge in [0, 0.05) is 18.3 Å². The summed E-state index contributed by atoms with van der Waals surface area (Å²) in [6.07, 6.45) is 2.79. The van der Waals surface area contributed by atoms with Gasteiger partial charge >= 0.3 is 0 Å². The molecule has 0 N–H and O–H groups in total. The molecule has 0 saturated heterocycles. The third-order valence-electron chi connectivity index (χ3n) is 1.59. The molecule has 0 atom stereocenters. The maximum Gasteiger partial charge on any atom is 0.262 e. The van der Waals surface area contributed by atoms with Gasteiger partial charge in [-0.25, -0.2) is 0 Å². The van der Waals surface area contributed by atoms with Crippen molar-refractivity contribution in [2.45, 2.75) is 0 Å². The summed E-state index contributed by atoms with van der Waals surface area (Å²) < 4.78 is 0. The van der Waals surface area contributed by atoms with E-state index in [0.29, 0.717) is 12.1 Å². The minimum atomic E-state index is -0.347. The molecule has 64 valence electrons. The van der Waals surface area contributed by atoms with Crippen molar-refractivity contribution in [2.24, 2.45) is 10.2 Å². The second-order valence-electron chi connectivity index (χ2n) is 2.41. The zero-order valence-corrected chi connectivity index (χ0v) is 7.10. The van der Waals surface area contributed by atoms with E-state index in [0.717, 1.165) is 4.81 Å². The molecule has 4 nitrogen and oxygen atoms in total. The highest BCUT2D eigenvalue weighted by Gasteiger charge is 2.25. The molecule has 13 heavy (non-hydrogen) atoms. The molecule has 0 aromatic carbocycles. The summed E-state index contributed by atoms with van der Waals surface area (Å²) in [5, 5.41) is 7.19. The predicted molar refractivity (Wildman–Crippen MR) is 49.7 cm³/mol. The molecule has 1 amide bonds. The van der Waals surface area contributed by atoms with Crippen molar-refractivity contribution in [1.82, 2.24) is 4.81 Å². The average Bonchev–Trinajstić information content (AvgIpc) is 2.40. The normalized spacial score (nSPS) is 17.2. The molecule has 0 aromatic heterocycles. The Balaban J connectivity index is 3.00. The summed E-state index contributed by atoms with van der Waals surface area (Å²) in [5.41, 5.74) is 0.913. The van der Waals surface area contributed by atoms with E-state index in [-0.39, 0.29) is 11.6 Å². The molecular formula is C8H8BN3O. The molecular weight excluding hydrogens is 165 g/mol. The van der Waals surface area contributed by atoms with Crippen LogP contribution < -0.4 is 0 Å². The zero-order valence-electron chi connectivity index (χ0n) is 7.10. The lowest BCUT2D eigenvalue weighted by Crippen LogP contribution is -2.23. The van der Waals surface area contributed by atoms with Crippen LogP contribution in [0.15, 0.2) is 46.9 Å². The van der Waals surface area contributed by atoms with Crippen molar-refractivity contribution >= 4 is 13.9 Å². The summed E-state index contributed by atoms with van der Waals surface area (Å²) >= 11 is 0. The number of azo groups is 1. The monoisotopic (exact) mass is 173 g/mol. The Morgan fingerprint density at radius 1 is 1.54 bits per heavy atom. The summed E-state index contributed by atoms with van der Waals surface area (Å²) in [5.74, 6) is -0.347. The van der Waals surface area contributed by atoms with Crippen LogP contribution in [0.5, 0.6) is 0 Å². The molecule has 0 unspecified atom stereocenters. The van der Waals surface area contributed by atoms with Gasteiger partial charge in [0.05, 0.1) is 0 Å². The third-order valence-corrected chi connectivity index (χ3v) is 1.59. The molecule has 0 fully saturated rings. The Morgan fingerprint density at radius 2 is 2.23 bits per heavy atom. The van der Waals surface area contributed by atoms with Gasteiger partial charge in [-0.1, -0.05) is 19.2 Å². The van der Waals surface area contributed by atoms with E-state index in [1.807, 2.05) is 0 Å². The van der Waals surface area contributed by atoms with Crippen LogP contribution in [0.4, 0.5) is 0 Å². The lowest BCUT2D eigenvalue weighted by atomic mass is 10.2. The van der Waals surface area contributed by atoms with Gasteiger partial charge in [-0.2, -0.15) is 5.11 Å². The smallest absolute Gasteiger partial charge is 0.262 e. The first kappa shape index (κ1) is 9.44. The molecule has 1 rings (SSSR count). The van der Waals surface area contributed by atoms with Gasteiger partial charge in [0.15, 0.2) is 5.70 Å². The zero-order chi connectivity index (χ0) is 9.84. The van der Waals surface area contributed by atoms with Crippen LogP contribution in [-0.2, 0) is 4.79 Å². The first-order valence-corrected chi connectivity index (χ1v) is 3.64. The van der Waals surface area contributed by atoms with Gasteiger partial charge in [0.1, 0.15) is 0 Å². The standard InChI is InChI=1S/C8H8BN3O/c1-3-6-5-12(9)8(13)7(6)11-10-4-2/h3-4H,1-2,5H2. The molecule has 0 aromatic rings. The van der Waals surface area contributed by atoms with E-state index in [2.05, 4.69) is 23.4 Å². The maximum atomic E-state index is 11.3. The number of carbonyl (C=O) groups is 1. The number of rotatable bonds is 3. The van der Waals surface area contributed by atoms with Gasteiger partial charge < -0.3 is 4.81 Å². The molecule has 5 heteroatoms. The molecule has 1 aliphatic heterocycles. The first-order chi connectivity index (χ1) is 6.20. The summed E-state index contributed by atoms with van der Waals surface area (Å²) in [6.45, 7) is 7.23. The fourth-order valence-corrected chi connectivity index (χ4v) is 0.970. The molecule has 0 spiro atoms. The number of nitrogens with zero attached hydrogens (tertiary/aromatic N) is 3. The van der Waals surface area contributed by atoms with Crippen molar-refractivity contribution in [3.8, 4) is 0 Å². The van der Waals surface area contributed by atoms with Crippen molar-refractivity contribution in [2.75, 3.05) is 6.54 Å². The summed E-state index contributed by atoms with van der Waals surface area (Å²) in [4.78, 5) is 12.4. The van der Waals surface area contributed by atoms with Crippen LogP contribution in [0.2, 0.25) is 0 Å². The molecule has 1 heterocycles. The first-order valence-electron chi connectivity index (χ1n) is 3.64. The highest BCUT2D eigenvalue weighted by molar-refractivity contribution is 6.19. The fourth-order valence-electron chi connectivity index (χ4n) is 0.970. The van der Waals surface area contributed by atoms with Crippen molar-refractivity contribution in [1.29, 1.82) is 0 Å². The van der Waals surface area contributed by atoms with Crippen molar-refractivity contribution < 1.29 is 4.79 Å². The molecule has 0 aliphatic carbocycles. The van der Waals surface area contributed by atoms with Gasteiger partial charge in [-0.3, -0.25) is 4.79 Å². The predicted octanol–water partition coefficient (Wildman–Crippen LogP) is 0.948. The minimum absolute atomic E-state index is 0.234. The Morgan fingerprint density at radius 3 is 2.77 bits per heavy atom. The highest BCUT2D eigenvalue weighted by atomic mass is 16.2. The number of hydrogen-bond acceptors (Lipinski definition) is 3. The average molecular weight is 173 g/mol. The van der Waals surface area contributed by atoms with E-state index >= 15 is 0 Å². The highest BCUT2D eigenvalue weighted by Crippen LogP contribution is 2.19. The van der Waals surface area contributed by atoms with Crippen LogP contribution in [0, 0.1) is 0 Å². The molecule has 0 bridgehead atoms. The Kier molecular flexibility index (Phi) is 2.79. The second-order valence-corrected chi connectivity index (χ2v) is 2.41. The number of amides is 1. The molecule has 0 saturated carbocycles.